The van der Waals surface area contributed by atoms with Gasteiger partial charge in [-0.25, -0.2) is 4.90 Å². The highest BCUT2D eigenvalue weighted by Crippen LogP contribution is 2.53. The van der Waals surface area contributed by atoms with Crippen LogP contribution in [0, 0.1) is 35.5 Å². The number of rotatable bonds is 9. The van der Waals surface area contributed by atoms with Crippen molar-refractivity contribution in [2.45, 2.75) is 26.1 Å². The summed E-state index contributed by atoms with van der Waals surface area (Å²) in [6.45, 7) is 2.32. The maximum atomic E-state index is 13.0. The quantitative estimate of drug-likeness (QED) is 0.190. The van der Waals surface area contributed by atoms with Gasteiger partial charge in [-0.2, -0.15) is 0 Å². The summed E-state index contributed by atoms with van der Waals surface area (Å²) in [7, 11) is 0. The van der Waals surface area contributed by atoms with Crippen molar-refractivity contribution in [3.05, 3.63) is 84.0 Å². The van der Waals surface area contributed by atoms with E-state index in [4.69, 9.17) is 14.2 Å². The zero-order valence-electron chi connectivity index (χ0n) is 23.6. The molecule has 0 aromatic heterocycles. The van der Waals surface area contributed by atoms with Crippen LogP contribution in [0.4, 0.5) is 11.4 Å². The molecule has 2 aromatic rings. The molecule has 4 aliphatic carbocycles. The van der Waals surface area contributed by atoms with Gasteiger partial charge in [-0.15, -0.1) is 0 Å². The zero-order valence-corrected chi connectivity index (χ0v) is 23.6. The number of hydrogen-bond donors (Lipinski definition) is 0. The van der Waals surface area contributed by atoms with Crippen molar-refractivity contribution < 1.29 is 33.4 Å². The van der Waals surface area contributed by atoms with E-state index in [0.717, 1.165) is 18.4 Å². The third-order valence-corrected chi connectivity index (χ3v) is 9.67. The first-order valence-electron chi connectivity index (χ1n) is 14.9. The lowest BCUT2D eigenvalue weighted by Crippen LogP contribution is -2.32. The molecule has 4 bridgehead atoms. The van der Waals surface area contributed by atoms with Crippen LogP contribution in [-0.2, 0) is 23.9 Å². The van der Waals surface area contributed by atoms with Crippen LogP contribution < -0.4 is 19.3 Å². The van der Waals surface area contributed by atoms with Crippen molar-refractivity contribution in [2.24, 2.45) is 35.5 Å². The smallest absolute Gasteiger partial charge is 0.262 e. The minimum absolute atomic E-state index is 0.102. The number of imide groups is 2. The third-order valence-electron chi connectivity index (χ3n) is 9.67. The maximum absolute atomic E-state index is 13.0. The van der Waals surface area contributed by atoms with Gasteiger partial charge < -0.3 is 14.2 Å². The summed E-state index contributed by atoms with van der Waals surface area (Å²) in [6.07, 6.45) is 9.32. The van der Waals surface area contributed by atoms with Crippen molar-refractivity contribution in [1.82, 2.24) is 0 Å². The molecule has 218 valence electrons. The highest BCUT2D eigenvalue weighted by molar-refractivity contribution is 6.30. The Labute approximate surface area is 248 Å². The molecule has 9 heteroatoms. The number of nitrogens with zero attached hydrogens (tertiary/aromatic N) is 2. The van der Waals surface area contributed by atoms with Gasteiger partial charge in [-0.3, -0.25) is 24.1 Å². The molecular weight excluding hydrogens is 548 g/mol. The summed E-state index contributed by atoms with van der Waals surface area (Å²) in [6, 6.07) is 13.8. The van der Waals surface area contributed by atoms with E-state index in [9.17, 15) is 19.2 Å². The van der Waals surface area contributed by atoms with Crippen LogP contribution in [0.3, 0.4) is 0 Å². The first kappa shape index (κ1) is 26.2. The fraction of sp³-hybridized carbons (Fsp3) is 0.353. The molecule has 43 heavy (non-hydrogen) atoms. The van der Waals surface area contributed by atoms with Crippen molar-refractivity contribution in [3.8, 4) is 11.5 Å². The van der Waals surface area contributed by atoms with Crippen LogP contribution in [0.25, 0.3) is 0 Å². The molecule has 2 aromatic carbocycles. The predicted molar refractivity (Wildman–Crippen MR) is 155 cm³/mol. The number of fused-ring (bicyclic) bond motifs is 9. The summed E-state index contributed by atoms with van der Waals surface area (Å²) in [5, 5.41) is 0. The molecule has 2 saturated heterocycles. The zero-order chi connectivity index (χ0) is 29.4. The summed E-state index contributed by atoms with van der Waals surface area (Å²) >= 11 is 0. The minimum atomic E-state index is -0.556. The molecule has 4 amide bonds. The SMILES string of the molecule is CC(OCCOc1ccc(N2C(=O)C3=C4C=CC(C4)C3C2=O)cc1)Oc1ccc(N2C(=O)C3C4C=C[C@@H](C4)C3C2=O)cc1. The van der Waals surface area contributed by atoms with Gasteiger partial charge in [-0.05, 0) is 91.6 Å². The Morgan fingerprint density at radius 3 is 2.02 bits per heavy atom. The second-order valence-electron chi connectivity index (χ2n) is 12.0. The van der Waals surface area contributed by atoms with Gasteiger partial charge >= 0.3 is 0 Å². The number of anilines is 2. The molecule has 3 fully saturated rings. The number of benzene rings is 2. The van der Waals surface area contributed by atoms with E-state index < -0.39 is 6.29 Å². The van der Waals surface area contributed by atoms with Gasteiger partial charge in [-0.1, -0.05) is 24.3 Å². The van der Waals surface area contributed by atoms with Crippen molar-refractivity contribution >= 4 is 35.0 Å². The van der Waals surface area contributed by atoms with E-state index in [0.29, 0.717) is 28.4 Å². The van der Waals surface area contributed by atoms with Gasteiger partial charge in [0, 0.05) is 5.57 Å². The molecule has 0 spiro atoms. The van der Waals surface area contributed by atoms with E-state index in [2.05, 4.69) is 12.2 Å². The Morgan fingerprint density at radius 1 is 0.744 bits per heavy atom. The normalized spacial score (nSPS) is 30.3. The third kappa shape index (κ3) is 4.01. The summed E-state index contributed by atoms with van der Waals surface area (Å²) in [5.74, 6) is 0.259. The molecule has 7 atom stereocenters. The van der Waals surface area contributed by atoms with E-state index in [1.165, 1.54) is 9.80 Å². The molecule has 1 saturated carbocycles. The number of carbonyl (C=O) groups is 4. The largest absolute Gasteiger partial charge is 0.491 e. The van der Waals surface area contributed by atoms with E-state index in [1.807, 2.05) is 12.2 Å². The van der Waals surface area contributed by atoms with E-state index in [-0.39, 0.29) is 72.3 Å². The highest BCUT2D eigenvalue weighted by Gasteiger charge is 2.59. The molecule has 2 aliphatic heterocycles. The van der Waals surface area contributed by atoms with Crippen molar-refractivity contribution in [1.29, 1.82) is 0 Å². The van der Waals surface area contributed by atoms with Gasteiger partial charge in [0.05, 0.1) is 35.7 Å². The lowest BCUT2D eigenvalue weighted by molar-refractivity contribution is -0.124. The Morgan fingerprint density at radius 2 is 1.37 bits per heavy atom. The fourth-order valence-electron chi connectivity index (χ4n) is 7.77. The number of ether oxygens (including phenoxy) is 3. The van der Waals surface area contributed by atoms with Crippen molar-refractivity contribution in [3.63, 3.8) is 0 Å². The summed E-state index contributed by atoms with van der Waals surface area (Å²) in [5.41, 5.74) is 2.75. The second kappa shape index (κ2) is 9.77. The molecule has 0 radical (unpaired) electrons. The lowest BCUT2D eigenvalue weighted by Gasteiger charge is -2.19. The lowest BCUT2D eigenvalue weighted by atomic mass is 9.85. The van der Waals surface area contributed by atoms with Crippen LogP contribution in [0.1, 0.15) is 19.8 Å². The number of allylic oxidation sites excluding steroid dienone is 5. The van der Waals surface area contributed by atoms with Crippen LogP contribution >= 0.6 is 0 Å². The molecule has 8 rings (SSSR count). The monoisotopic (exact) mass is 578 g/mol. The van der Waals surface area contributed by atoms with Gasteiger partial charge in [0.25, 0.3) is 5.91 Å². The topological polar surface area (TPSA) is 102 Å². The molecule has 9 nitrogen and oxygen atoms in total. The average molecular weight is 579 g/mol. The minimum Gasteiger partial charge on any atom is -0.491 e. The van der Waals surface area contributed by atoms with Gasteiger partial charge in [0.15, 0.2) is 6.29 Å². The van der Waals surface area contributed by atoms with E-state index in [1.54, 1.807) is 55.5 Å². The molecule has 6 aliphatic rings. The second-order valence-corrected chi connectivity index (χ2v) is 12.0. The van der Waals surface area contributed by atoms with Gasteiger partial charge in [0.1, 0.15) is 18.1 Å². The Kier molecular flexibility index (Phi) is 5.94. The standard InChI is InChI=1S/C34H30N2O7/c1-18(43-26-12-8-24(9-13-26)36-33(39)29-21-4-5-22(17-21)30(29)34(36)40)41-14-15-42-25-10-6-23(7-11-25)35-31(37)27-19-2-3-20(16-19)28(27)32(35)38/h2-13,18-19,21-22,27,29-30H,14-17H2,1H3/t18?,19?,21-,22?,27?,29?,30?/m0/s1. The Hall–Kier alpha value is -4.50. The fourth-order valence-corrected chi connectivity index (χ4v) is 7.77. The Balaban J connectivity index is 0.809. The maximum Gasteiger partial charge on any atom is 0.262 e. The molecule has 6 unspecified atom stereocenters. The van der Waals surface area contributed by atoms with Crippen LogP contribution in [0.15, 0.2) is 84.0 Å². The summed E-state index contributed by atoms with van der Waals surface area (Å²) in [4.78, 5) is 54.6. The summed E-state index contributed by atoms with van der Waals surface area (Å²) < 4.78 is 17.4. The number of hydrogen-bond acceptors (Lipinski definition) is 7. The van der Waals surface area contributed by atoms with E-state index >= 15 is 0 Å². The van der Waals surface area contributed by atoms with Crippen LogP contribution in [0.5, 0.6) is 11.5 Å². The predicted octanol–water partition coefficient (Wildman–Crippen LogP) is 4.19. The first-order chi connectivity index (χ1) is 20.9. The first-order valence-corrected chi connectivity index (χ1v) is 14.9. The van der Waals surface area contributed by atoms with Crippen molar-refractivity contribution in [2.75, 3.05) is 23.0 Å². The molecular formula is C34H30N2O7. The van der Waals surface area contributed by atoms with Crippen LogP contribution in [0.2, 0.25) is 0 Å². The van der Waals surface area contributed by atoms with Gasteiger partial charge in [0.2, 0.25) is 17.7 Å². The number of carbonyl (C=O) groups excluding carboxylic acids is 4. The number of amides is 4. The average Bonchev–Trinajstić information content (AvgIpc) is 3.85. The molecule has 0 N–H and O–H groups in total. The molecule has 2 heterocycles. The van der Waals surface area contributed by atoms with Crippen LogP contribution in [-0.4, -0.2) is 43.1 Å². The Bertz CT molecular complexity index is 1610. The highest BCUT2D eigenvalue weighted by atomic mass is 16.7.